The van der Waals surface area contributed by atoms with E-state index in [-0.39, 0.29) is 5.91 Å². The van der Waals surface area contributed by atoms with Crippen molar-refractivity contribution < 1.29 is 4.79 Å². The van der Waals surface area contributed by atoms with E-state index in [1.54, 1.807) is 18.0 Å². The van der Waals surface area contributed by atoms with Crippen molar-refractivity contribution >= 4 is 34.7 Å². The van der Waals surface area contributed by atoms with E-state index in [0.717, 1.165) is 22.1 Å². The second kappa shape index (κ2) is 8.49. The minimum absolute atomic E-state index is 0.0879. The first-order valence-corrected chi connectivity index (χ1v) is 9.31. The van der Waals surface area contributed by atoms with Crippen LogP contribution in [-0.4, -0.2) is 17.9 Å². The molecule has 126 valence electrons. The number of carbonyl (C=O) groups is 1. The van der Waals surface area contributed by atoms with Crippen molar-refractivity contribution in [3.8, 4) is 0 Å². The van der Waals surface area contributed by atoms with Gasteiger partial charge in [-0.1, -0.05) is 66.7 Å². The third kappa shape index (κ3) is 4.70. The van der Waals surface area contributed by atoms with E-state index in [2.05, 4.69) is 47.8 Å². The largest absolute Gasteiger partial charge is 0.272 e. The van der Waals surface area contributed by atoms with Crippen molar-refractivity contribution in [1.29, 1.82) is 0 Å². The van der Waals surface area contributed by atoms with Gasteiger partial charge in [-0.3, -0.25) is 4.79 Å². The zero-order valence-electron chi connectivity index (χ0n) is 14.1. The molecule has 0 bridgehead atoms. The Kier molecular flexibility index (Phi) is 5.86. The van der Waals surface area contributed by atoms with Crippen molar-refractivity contribution in [2.75, 3.05) is 5.75 Å². The lowest BCUT2D eigenvalue weighted by Gasteiger charge is -2.05. The van der Waals surface area contributed by atoms with Crippen LogP contribution >= 0.6 is 11.8 Å². The quantitative estimate of drug-likeness (QED) is 0.525. The fourth-order valence-electron chi connectivity index (χ4n) is 2.59. The number of rotatable bonds is 6. The molecule has 0 aromatic heterocycles. The van der Waals surface area contributed by atoms with E-state index in [9.17, 15) is 4.79 Å². The molecule has 1 N–H and O–H groups in total. The van der Waals surface area contributed by atoms with Crippen LogP contribution in [0.2, 0.25) is 0 Å². The van der Waals surface area contributed by atoms with E-state index in [4.69, 9.17) is 0 Å². The molecule has 0 saturated carbocycles. The number of nitrogens with one attached hydrogen (secondary N) is 1. The lowest BCUT2D eigenvalue weighted by Crippen LogP contribution is -2.19. The smallest absolute Gasteiger partial charge is 0.250 e. The Morgan fingerprint density at radius 3 is 2.68 bits per heavy atom. The van der Waals surface area contributed by atoms with Crippen LogP contribution in [0.3, 0.4) is 0 Å². The Labute approximate surface area is 152 Å². The van der Waals surface area contributed by atoms with Crippen molar-refractivity contribution in [2.24, 2.45) is 5.10 Å². The van der Waals surface area contributed by atoms with Crippen LogP contribution in [0.4, 0.5) is 0 Å². The first-order chi connectivity index (χ1) is 12.2. The molecule has 0 heterocycles. The van der Waals surface area contributed by atoms with Gasteiger partial charge in [0.15, 0.2) is 0 Å². The molecule has 0 aliphatic heterocycles. The second-order valence-electron chi connectivity index (χ2n) is 5.78. The van der Waals surface area contributed by atoms with Crippen LogP contribution in [0, 0.1) is 6.92 Å². The van der Waals surface area contributed by atoms with E-state index in [1.165, 1.54) is 11.1 Å². The molecule has 25 heavy (non-hydrogen) atoms. The van der Waals surface area contributed by atoms with Gasteiger partial charge in [-0.2, -0.15) is 5.10 Å². The van der Waals surface area contributed by atoms with Crippen molar-refractivity contribution in [3.63, 3.8) is 0 Å². The minimum Gasteiger partial charge on any atom is -0.272 e. The predicted molar refractivity (Wildman–Crippen MR) is 107 cm³/mol. The van der Waals surface area contributed by atoms with Gasteiger partial charge in [0.25, 0.3) is 0 Å². The second-order valence-corrected chi connectivity index (χ2v) is 6.77. The van der Waals surface area contributed by atoms with E-state index >= 15 is 0 Å². The van der Waals surface area contributed by atoms with Crippen LogP contribution in [-0.2, 0) is 10.5 Å². The summed E-state index contributed by atoms with van der Waals surface area (Å²) < 4.78 is 0. The Morgan fingerprint density at radius 2 is 1.80 bits per heavy atom. The molecule has 1 amide bonds. The number of amides is 1. The monoisotopic (exact) mass is 348 g/mol. The lowest BCUT2D eigenvalue weighted by molar-refractivity contribution is -0.118. The fourth-order valence-corrected chi connectivity index (χ4v) is 3.49. The molecule has 0 fully saturated rings. The van der Waals surface area contributed by atoms with Crippen LogP contribution in [0.15, 0.2) is 71.8 Å². The number of hydrogen-bond donors (Lipinski definition) is 1. The Balaban J connectivity index is 1.52. The minimum atomic E-state index is -0.0879. The molecule has 0 spiro atoms. The van der Waals surface area contributed by atoms with Gasteiger partial charge in [0.05, 0.1) is 12.0 Å². The summed E-state index contributed by atoms with van der Waals surface area (Å²) in [5.41, 5.74) is 6.12. The van der Waals surface area contributed by atoms with Crippen LogP contribution in [0.25, 0.3) is 10.8 Å². The van der Waals surface area contributed by atoms with Crippen LogP contribution in [0.5, 0.6) is 0 Å². The summed E-state index contributed by atoms with van der Waals surface area (Å²) in [5, 5.41) is 6.38. The van der Waals surface area contributed by atoms with E-state index in [0.29, 0.717) is 5.75 Å². The highest BCUT2D eigenvalue weighted by molar-refractivity contribution is 7.99. The summed E-state index contributed by atoms with van der Waals surface area (Å²) >= 11 is 1.59. The van der Waals surface area contributed by atoms with Crippen LogP contribution in [0.1, 0.15) is 16.7 Å². The highest BCUT2D eigenvalue weighted by Crippen LogP contribution is 2.17. The van der Waals surface area contributed by atoms with Gasteiger partial charge in [0.2, 0.25) is 5.91 Å². The molecule has 4 heteroatoms. The SMILES string of the molecule is Cc1ccccc1CSCC(=O)NN=Cc1cccc2ccccc12. The van der Waals surface area contributed by atoms with Crippen molar-refractivity contribution in [2.45, 2.75) is 12.7 Å². The maximum Gasteiger partial charge on any atom is 0.250 e. The lowest BCUT2D eigenvalue weighted by atomic mass is 10.1. The van der Waals surface area contributed by atoms with Gasteiger partial charge < -0.3 is 0 Å². The van der Waals surface area contributed by atoms with Crippen molar-refractivity contribution in [1.82, 2.24) is 5.43 Å². The molecule has 0 saturated heterocycles. The van der Waals surface area contributed by atoms with E-state index < -0.39 is 0 Å². The number of aryl methyl sites for hydroxylation is 1. The Bertz CT molecular complexity index is 900. The standard InChI is InChI=1S/C21H20N2OS/c1-16-7-2-3-9-19(16)14-25-15-21(24)23-22-13-18-11-6-10-17-8-4-5-12-20(17)18/h2-13H,14-15H2,1H3,(H,23,24). The average molecular weight is 348 g/mol. The Morgan fingerprint density at radius 1 is 1.04 bits per heavy atom. The molecular weight excluding hydrogens is 328 g/mol. The maximum atomic E-state index is 11.9. The molecule has 0 aliphatic rings. The van der Waals surface area contributed by atoms with Gasteiger partial charge >= 0.3 is 0 Å². The van der Waals surface area contributed by atoms with Crippen molar-refractivity contribution in [3.05, 3.63) is 83.4 Å². The summed E-state index contributed by atoms with van der Waals surface area (Å²) in [4.78, 5) is 11.9. The average Bonchev–Trinajstić information content (AvgIpc) is 2.63. The first kappa shape index (κ1) is 17.2. The molecule has 0 atom stereocenters. The number of nitrogens with zero attached hydrogens (tertiary/aromatic N) is 1. The molecule has 3 aromatic rings. The Hall–Kier alpha value is -2.59. The van der Waals surface area contributed by atoms with Gasteiger partial charge in [-0.05, 0) is 28.8 Å². The summed E-state index contributed by atoms with van der Waals surface area (Å²) in [6, 6.07) is 22.4. The number of thioether (sulfide) groups is 1. The highest BCUT2D eigenvalue weighted by Gasteiger charge is 2.02. The number of benzene rings is 3. The third-order valence-electron chi connectivity index (χ3n) is 3.97. The van der Waals surface area contributed by atoms with E-state index in [1.807, 2.05) is 36.4 Å². The molecule has 0 unspecified atom stereocenters. The molecule has 0 aliphatic carbocycles. The van der Waals surface area contributed by atoms with Gasteiger partial charge in [-0.15, -0.1) is 11.8 Å². The van der Waals surface area contributed by atoms with Crippen LogP contribution < -0.4 is 5.43 Å². The maximum absolute atomic E-state index is 11.9. The molecule has 0 radical (unpaired) electrons. The number of fused-ring (bicyclic) bond motifs is 1. The number of carbonyl (C=O) groups excluding carboxylic acids is 1. The molecule has 3 rings (SSSR count). The number of hydrazone groups is 1. The predicted octanol–water partition coefficient (Wildman–Crippen LogP) is 4.53. The summed E-state index contributed by atoms with van der Waals surface area (Å²) in [7, 11) is 0. The highest BCUT2D eigenvalue weighted by atomic mass is 32.2. The van der Waals surface area contributed by atoms with Gasteiger partial charge in [0.1, 0.15) is 0 Å². The summed E-state index contributed by atoms with van der Waals surface area (Å²) in [5.74, 6) is 1.13. The summed E-state index contributed by atoms with van der Waals surface area (Å²) in [6.45, 7) is 2.09. The first-order valence-electron chi connectivity index (χ1n) is 8.16. The van der Waals surface area contributed by atoms with Gasteiger partial charge in [0, 0.05) is 11.3 Å². The van der Waals surface area contributed by atoms with Gasteiger partial charge in [-0.25, -0.2) is 5.43 Å². The fraction of sp³-hybridized carbons (Fsp3) is 0.143. The molecular formula is C21H20N2OS. The summed E-state index contributed by atoms with van der Waals surface area (Å²) in [6.07, 6.45) is 1.70. The zero-order valence-corrected chi connectivity index (χ0v) is 14.9. The third-order valence-corrected chi connectivity index (χ3v) is 4.95. The topological polar surface area (TPSA) is 41.5 Å². The molecule has 3 aromatic carbocycles. The number of hydrogen-bond acceptors (Lipinski definition) is 3. The molecule has 3 nitrogen and oxygen atoms in total. The normalized spacial score (nSPS) is 11.1. The zero-order chi connectivity index (χ0) is 17.5.